The van der Waals surface area contributed by atoms with Gasteiger partial charge >= 0.3 is 12.6 Å². The van der Waals surface area contributed by atoms with Gasteiger partial charge in [0, 0.05) is 47.4 Å². The van der Waals surface area contributed by atoms with Crippen LogP contribution in [0.15, 0.2) is 69.7 Å². The summed E-state index contributed by atoms with van der Waals surface area (Å²) in [7, 11) is -2.48. The number of alkyl halides is 2. The van der Waals surface area contributed by atoms with Crippen LogP contribution in [0.5, 0.6) is 11.5 Å². The van der Waals surface area contributed by atoms with Crippen molar-refractivity contribution in [1.82, 2.24) is 19.1 Å². The molecular weight excluding hydrogens is 709 g/mol. The van der Waals surface area contributed by atoms with Crippen molar-refractivity contribution in [2.75, 3.05) is 18.9 Å². The molecule has 0 unspecified atom stereocenters. The molecule has 2 atom stereocenters. The van der Waals surface area contributed by atoms with E-state index in [0.717, 1.165) is 28.9 Å². The Bertz CT molecular complexity index is 1880. The zero-order chi connectivity index (χ0) is 34.7. The Kier molecular flexibility index (Phi) is 11.4. The maximum Gasteiger partial charge on any atom is 0.387 e. The molecule has 5 rings (SSSR count). The first kappa shape index (κ1) is 36.1. The third-order valence-corrected chi connectivity index (χ3v) is 11.9. The number of thioether (sulfide) groups is 1. The third-order valence-electron chi connectivity index (χ3n) is 7.88. The molecule has 1 saturated heterocycles. The van der Waals surface area contributed by atoms with Crippen LogP contribution in [-0.4, -0.2) is 64.3 Å². The quantitative estimate of drug-likeness (QED) is 0.125. The smallest absolute Gasteiger partial charge is 0.387 e. The number of carbonyl (C=O) groups is 1. The summed E-state index contributed by atoms with van der Waals surface area (Å²) in [6, 6.07) is 5.74. The third kappa shape index (κ3) is 7.99. The Labute approximate surface area is 291 Å². The molecule has 3 heterocycles. The van der Waals surface area contributed by atoms with Gasteiger partial charge in [-0.15, -0.1) is 11.8 Å². The van der Waals surface area contributed by atoms with E-state index in [2.05, 4.69) is 21.4 Å². The molecule has 2 aromatic heterocycles. The van der Waals surface area contributed by atoms with Crippen molar-refractivity contribution in [1.29, 1.82) is 0 Å². The minimum Gasteiger partial charge on any atom is -0.489 e. The Morgan fingerprint density at radius 2 is 1.98 bits per heavy atom. The van der Waals surface area contributed by atoms with Crippen molar-refractivity contribution in [2.45, 2.75) is 56.1 Å². The number of carbonyl (C=O) groups excluding carboxylic acids is 1. The summed E-state index contributed by atoms with van der Waals surface area (Å²) in [5, 5.41) is 4.13. The van der Waals surface area contributed by atoms with Gasteiger partial charge in [0.05, 0.1) is 12.3 Å². The van der Waals surface area contributed by atoms with E-state index in [0.29, 0.717) is 46.1 Å². The number of allylic oxidation sites excluding steroid dienone is 4. The molecule has 258 valence electrons. The van der Waals surface area contributed by atoms with E-state index in [1.54, 1.807) is 31.7 Å². The number of hydrogen-bond donors (Lipinski definition) is 0. The predicted molar refractivity (Wildman–Crippen MR) is 181 cm³/mol. The van der Waals surface area contributed by atoms with Crippen LogP contribution >= 0.6 is 35.0 Å². The fourth-order valence-electron chi connectivity index (χ4n) is 5.19. The first-order valence-corrected chi connectivity index (χ1v) is 18.3. The second-order valence-corrected chi connectivity index (χ2v) is 15.1. The Morgan fingerprint density at radius 1 is 1.23 bits per heavy atom. The van der Waals surface area contributed by atoms with Gasteiger partial charge in [0.1, 0.15) is 11.0 Å². The van der Waals surface area contributed by atoms with E-state index < -0.39 is 34.1 Å². The molecule has 2 aliphatic rings. The van der Waals surface area contributed by atoms with Crippen LogP contribution in [0, 0.1) is 12.8 Å². The number of hydrogen-bond acceptors (Lipinski definition) is 9. The Balaban J connectivity index is 1.48. The molecule has 16 heteroatoms. The van der Waals surface area contributed by atoms with Crippen molar-refractivity contribution in [3.63, 3.8) is 0 Å². The molecule has 0 radical (unpaired) electrons. The standard InChI is InChI=1S/C32H34Cl2F2N4O6S2/c1-5-24(33)23(25(34)6-2)15-27(20-9-10-26(46-32(35)36)28(13-20)44-17-19-7-8-19)45-31(41)30-40(11-12-47-30)48(42,43)21-14-22-18(3)38-39(4)29(22)37-16-21/h5-6,9-10,13-14,16,19,27,30,32H,1,7-8,11-12,15,17H2,2-4H3/b24-23+,25-6+/t27-,30+/m0/s1. The Morgan fingerprint density at radius 3 is 2.65 bits per heavy atom. The SMILES string of the molecule is C=C/C(Cl)=C(C[C@H](OC(=O)[C@H]1SCCN1S(=O)(=O)c1cnc2c(c1)c(C)nn2C)c1ccc(OC(F)F)c(OCC2CC2)c1)\C(Cl)=C/C. The van der Waals surface area contributed by atoms with Gasteiger partial charge < -0.3 is 14.2 Å². The zero-order valence-corrected chi connectivity index (χ0v) is 29.5. The number of aromatic nitrogens is 3. The van der Waals surface area contributed by atoms with Crippen molar-refractivity contribution in [2.24, 2.45) is 13.0 Å². The number of ether oxygens (including phenoxy) is 3. The van der Waals surface area contributed by atoms with Gasteiger partial charge in [-0.1, -0.05) is 48.0 Å². The molecule has 1 aliphatic heterocycles. The first-order chi connectivity index (χ1) is 22.8. The molecule has 1 saturated carbocycles. The number of esters is 1. The minimum absolute atomic E-state index is 0.0475. The van der Waals surface area contributed by atoms with Crippen LogP contribution in [0.4, 0.5) is 8.78 Å². The maximum atomic E-state index is 13.9. The summed E-state index contributed by atoms with van der Waals surface area (Å²) in [6.07, 6.45) is 5.02. The molecule has 0 N–H and O–H groups in total. The van der Waals surface area contributed by atoms with Crippen LogP contribution in [0.1, 0.15) is 43.5 Å². The van der Waals surface area contributed by atoms with Gasteiger partial charge in [0.15, 0.2) is 22.5 Å². The summed E-state index contributed by atoms with van der Waals surface area (Å²) >= 11 is 14.1. The molecule has 3 aromatic rings. The van der Waals surface area contributed by atoms with Crippen molar-refractivity contribution < 1.29 is 36.2 Å². The number of aryl methyl sites for hydroxylation is 2. The largest absolute Gasteiger partial charge is 0.489 e. The van der Waals surface area contributed by atoms with E-state index in [9.17, 15) is 22.0 Å². The van der Waals surface area contributed by atoms with Crippen LogP contribution in [0.3, 0.4) is 0 Å². The number of benzene rings is 1. The van der Waals surface area contributed by atoms with Gasteiger partial charge in [-0.2, -0.15) is 18.2 Å². The van der Waals surface area contributed by atoms with E-state index >= 15 is 0 Å². The van der Waals surface area contributed by atoms with Crippen molar-refractivity contribution in [3.05, 3.63) is 76.1 Å². The van der Waals surface area contributed by atoms with Crippen LogP contribution in [-0.2, 0) is 26.6 Å². The fourth-order valence-corrected chi connectivity index (χ4v) is 8.62. The summed E-state index contributed by atoms with van der Waals surface area (Å²) in [6.45, 7) is 4.44. The highest BCUT2D eigenvalue weighted by Crippen LogP contribution is 2.40. The zero-order valence-electron chi connectivity index (χ0n) is 26.4. The Hall–Kier alpha value is -3.17. The van der Waals surface area contributed by atoms with E-state index in [1.807, 2.05) is 0 Å². The number of halogens is 4. The molecule has 0 bridgehead atoms. The summed E-state index contributed by atoms with van der Waals surface area (Å²) < 4.78 is 73.5. The van der Waals surface area contributed by atoms with Gasteiger partial charge in [-0.25, -0.2) is 18.2 Å². The first-order valence-electron chi connectivity index (χ1n) is 15.0. The van der Waals surface area contributed by atoms with Crippen molar-refractivity contribution in [3.8, 4) is 11.5 Å². The molecular formula is C32H34Cl2F2N4O6S2. The lowest BCUT2D eigenvalue weighted by Gasteiger charge is -2.26. The van der Waals surface area contributed by atoms with E-state index in [1.165, 1.54) is 36.5 Å². The van der Waals surface area contributed by atoms with E-state index in [-0.39, 0.29) is 39.4 Å². The van der Waals surface area contributed by atoms with Gasteiger partial charge in [0.25, 0.3) is 0 Å². The normalized spacial score (nSPS) is 18.6. The summed E-state index contributed by atoms with van der Waals surface area (Å²) in [5.41, 5.74) is 1.89. The highest BCUT2D eigenvalue weighted by molar-refractivity contribution is 8.02. The van der Waals surface area contributed by atoms with Gasteiger partial charge in [0.2, 0.25) is 10.0 Å². The second-order valence-electron chi connectivity index (χ2n) is 11.2. The molecule has 0 amide bonds. The topological polar surface area (TPSA) is 113 Å². The van der Waals surface area contributed by atoms with E-state index in [4.69, 9.17) is 32.7 Å². The molecule has 1 aliphatic carbocycles. The van der Waals surface area contributed by atoms with Crippen LogP contribution in [0.2, 0.25) is 0 Å². The van der Waals surface area contributed by atoms with Gasteiger partial charge in [-0.3, -0.25) is 4.68 Å². The lowest BCUT2D eigenvalue weighted by atomic mass is 9.99. The van der Waals surface area contributed by atoms with Crippen LogP contribution < -0.4 is 9.47 Å². The maximum absolute atomic E-state index is 13.9. The summed E-state index contributed by atoms with van der Waals surface area (Å²) in [5.74, 6) is -0.324. The number of nitrogens with zero attached hydrogens (tertiary/aromatic N) is 4. The molecule has 10 nitrogen and oxygen atoms in total. The van der Waals surface area contributed by atoms with Crippen LogP contribution in [0.25, 0.3) is 11.0 Å². The number of sulfonamides is 1. The average molecular weight is 744 g/mol. The lowest BCUT2D eigenvalue weighted by molar-refractivity contribution is -0.150. The lowest BCUT2D eigenvalue weighted by Crippen LogP contribution is -2.40. The predicted octanol–water partition coefficient (Wildman–Crippen LogP) is 7.23. The monoisotopic (exact) mass is 742 g/mol. The van der Waals surface area contributed by atoms with Crippen molar-refractivity contribution >= 4 is 62.0 Å². The molecule has 2 fully saturated rings. The molecule has 48 heavy (non-hydrogen) atoms. The highest BCUT2D eigenvalue weighted by atomic mass is 35.5. The minimum atomic E-state index is -4.19. The number of rotatable bonds is 14. The fraction of sp³-hybridized carbons (Fsp3) is 0.406. The number of fused-ring (bicyclic) bond motifs is 1. The summed E-state index contributed by atoms with van der Waals surface area (Å²) in [4.78, 5) is 18.1. The molecule has 1 aromatic carbocycles. The highest BCUT2D eigenvalue weighted by Gasteiger charge is 2.42. The molecule has 0 spiro atoms. The number of pyridine rings is 1. The average Bonchev–Trinajstić information content (AvgIpc) is 3.67. The van der Waals surface area contributed by atoms with Gasteiger partial charge in [-0.05, 0) is 61.9 Å². The second kappa shape index (κ2) is 15.2.